The van der Waals surface area contributed by atoms with Crippen LogP contribution in [0.3, 0.4) is 0 Å². The molecule has 2 atom stereocenters. The Balaban J connectivity index is 1.77. The van der Waals surface area contributed by atoms with Crippen LogP contribution in [0.4, 0.5) is 4.39 Å². The lowest BCUT2D eigenvalue weighted by Crippen LogP contribution is -2.31. The Morgan fingerprint density at radius 1 is 1.40 bits per heavy atom. The standard InChI is InChI=1S/C12H22FNO/c1-3-15-9-12(4-5-12)8-14-6-10(2)11(13)7-14/h10-11H,3-9H2,1-2H3. The largest absolute Gasteiger partial charge is 0.381 e. The van der Waals surface area contributed by atoms with Crippen molar-refractivity contribution in [2.24, 2.45) is 11.3 Å². The van der Waals surface area contributed by atoms with Crippen LogP contribution in [0.1, 0.15) is 26.7 Å². The zero-order valence-corrected chi connectivity index (χ0v) is 9.84. The highest BCUT2D eigenvalue weighted by Crippen LogP contribution is 2.47. The molecule has 0 amide bonds. The zero-order chi connectivity index (χ0) is 10.9. The van der Waals surface area contributed by atoms with Crippen molar-refractivity contribution in [3.8, 4) is 0 Å². The lowest BCUT2D eigenvalue weighted by atomic mass is 10.1. The molecule has 0 aromatic rings. The third kappa shape index (κ3) is 2.70. The van der Waals surface area contributed by atoms with E-state index in [9.17, 15) is 4.39 Å². The number of halogens is 1. The van der Waals surface area contributed by atoms with Gasteiger partial charge in [-0.05, 0) is 19.8 Å². The number of hydrogen-bond acceptors (Lipinski definition) is 2. The van der Waals surface area contributed by atoms with Crippen molar-refractivity contribution in [2.75, 3.05) is 32.8 Å². The van der Waals surface area contributed by atoms with E-state index in [4.69, 9.17) is 4.74 Å². The van der Waals surface area contributed by atoms with E-state index >= 15 is 0 Å². The summed E-state index contributed by atoms with van der Waals surface area (Å²) < 4.78 is 18.8. The first-order chi connectivity index (χ1) is 7.15. The van der Waals surface area contributed by atoms with Crippen LogP contribution < -0.4 is 0 Å². The Kier molecular flexibility index (Phi) is 3.31. The molecule has 2 nitrogen and oxygen atoms in total. The van der Waals surface area contributed by atoms with Crippen molar-refractivity contribution in [1.82, 2.24) is 4.90 Å². The van der Waals surface area contributed by atoms with Gasteiger partial charge in [-0.3, -0.25) is 4.90 Å². The summed E-state index contributed by atoms with van der Waals surface area (Å²) in [5.74, 6) is 0.216. The minimum absolute atomic E-state index is 0.216. The third-order valence-corrected chi connectivity index (χ3v) is 3.72. The van der Waals surface area contributed by atoms with Gasteiger partial charge in [-0.25, -0.2) is 4.39 Å². The summed E-state index contributed by atoms with van der Waals surface area (Å²) in [7, 11) is 0. The van der Waals surface area contributed by atoms with E-state index in [1.807, 2.05) is 13.8 Å². The number of ether oxygens (including phenoxy) is 1. The summed E-state index contributed by atoms with van der Waals surface area (Å²) in [6, 6.07) is 0. The average molecular weight is 215 g/mol. The highest BCUT2D eigenvalue weighted by molar-refractivity contribution is 4.97. The number of alkyl halides is 1. The molecule has 2 aliphatic rings. The number of rotatable bonds is 5. The van der Waals surface area contributed by atoms with Gasteiger partial charge in [0.25, 0.3) is 0 Å². The van der Waals surface area contributed by atoms with Crippen molar-refractivity contribution >= 4 is 0 Å². The quantitative estimate of drug-likeness (QED) is 0.696. The van der Waals surface area contributed by atoms with E-state index < -0.39 is 6.17 Å². The van der Waals surface area contributed by atoms with E-state index in [2.05, 4.69) is 4.90 Å². The van der Waals surface area contributed by atoms with Crippen LogP contribution in [-0.4, -0.2) is 43.9 Å². The van der Waals surface area contributed by atoms with Crippen molar-refractivity contribution in [3.05, 3.63) is 0 Å². The van der Waals surface area contributed by atoms with Gasteiger partial charge in [-0.15, -0.1) is 0 Å². The molecule has 0 spiro atoms. The maximum Gasteiger partial charge on any atom is 0.116 e. The van der Waals surface area contributed by atoms with Crippen LogP contribution in [0, 0.1) is 11.3 Å². The van der Waals surface area contributed by atoms with E-state index in [0.717, 1.165) is 26.3 Å². The fraction of sp³-hybridized carbons (Fsp3) is 1.00. The number of nitrogens with zero attached hydrogens (tertiary/aromatic N) is 1. The van der Waals surface area contributed by atoms with Gasteiger partial charge in [0.2, 0.25) is 0 Å². The minimum atomic E-state index is -0.618. The van der Waals surface area contributed by atoms with Crippen molar-refractivity contribution in [3.63, 3.8) is 0 Å². The van der Waals surface area contributed by atoms with E-state index in [1.54, 1.807) is 0 Å². The lowest BCUT2D eigenvalue weighted by molar-refractivity contribution is 0.0818. The molecule has 2 rings (SSSR count). The molecule has 88 valence electrons. The maximum absolute atomic E-state index is 13.3. The fourth-order valence-electron chi connectivity index (χ4n) is 2.47. The predicted octanol–water partition coefficient (Wildman–Crippen LogP) is 2.09. The molecule has 0 N–H and O–H groups in total. The first-order valence-electron chi connectivity index (χ1n) is 6.09. The van der Waals surface area contributed by atoms with Crippen molar-refractivity contribution in [2.45, 2.75) is 32.9 Å². The average Bonchev–Trinajstić information content (AvgIpc) is 2.88. The summed E-state index contributed by atoms with van der Waals surface area (Å²) in [6.07, 6.45) is 1.90. The predicted molar refractivity (Wildman–Crippen MR) is 58.7 cm³/mol. The van der Waals surface area contributed by atoms with Crippen LogP contribution in [0.25, 0.3) is 0 Å². The van der Waals surface area contributed by atoms with E-state index in [1.165, 1.54) is 12.8 Å². The molecule has 0 bridgehead atoms. The Labute approximate surface area is 91.8 Å². The molecule has 1 heterocycles. The molecule has 1 saturated heterocycles. The molecule has 1 saturated carbocycles. The topological polar surface area (TPSA) is 12.5 Å². The molecule has 1 aliphatic carbocycles. The minimum Gasteiger partial charge on any atom is -0.381 e. The van der Waals surface area contributed by atoms with Crippen LogP contribution in [0.2, 0.25) is 0 Å². The monoisotopic (exact) mass is 215 g/mol. The highest BCUT2D eigenvalue weighted by atomic mass is 19.1. The fourth-order valence-corrected chi connectivity index (χ4v) is 2.47. The summed E-state index contributed by atoms with van der Waals surface area (Å²) in [5.41, 5.74) is 0.375. The second-order valence-corrected chi connectivity index (χ2v) is 5.32. The smallest absolute Gasteiger partial charge is 0.116 e. The number of hydrogen-bond donors (Lipinski definition) is 0. The third-order valence-electron chi connectivity index (χ3n) is 3.72. The second kappa shape index (κ2) is 4.38. The number of likely N-dealkylation sites (tertiary alicyclic amines) is 1. The Morgan fingerprint density at radius 3 is 2.60 bits per heavy atom. The molecule has 3 heteroatoms. The van der Waals surface area contributed by atoms with Crippen LogP contribution >= 0.6 is 0 Å². The van der Waals surface area contributed by atoms with Crippen LogP contribution in [0.15, 0.2) is 0 Å². The van der Waals surface area contributed by atoms with Gasteiger partial charge in [0.15, 0.2) is 0 Å². The van der Waals surface area contributed by atoms with Gasteiger partial charge in [0.05, 0.1) is 6.61 Å². The molecular formula is C12H22FNO. The first kappa shape index (κ1) is 11.3. The summed E-state index contributed by atoms with van der Waals surface area (Å²) in [5, 5.41) is 0. The van der Waals surface area contributed by atoms with Gasteiger partial charge < -0.3 is 4.74 Å². The molecule has 0 aromatic heterocycles. The van der Waals surface area contributed by atoms with E-state index in [0.29, 0.717) is 12.0 Å². The van der Waals surface area contributed by atoms with Gasteiger partial charge in [-0.1, -0.05) is 6.92 Å². The van der Waals surface area contributed by atoms with Gasteiger partial charge in [0, 0.05) is 37.6 Å². The van der Waals surface area contributed by atoms with Gasteiger partial charge >= 0.3 is 0 Å². The summed E-state index contributed by atoms with van der Waals surface area (Å²) in [6.45, 7) is 8.30. The highest BCUT2D eigenvalue weighted by Gasteiger charge is 2.45. The molecule has 15 heavy (non-hydrogen) atoms. The SMILES string of the molecule is CCOCC1(CN2CC(C)C(F)C2)CC1. The van der Waals surface area contributed by atoms with Crippen LogP contribution in [0.5, 0.6) is 0 Å². The molecule has 2 fully saturated rings. The summed E-state index contributed by atoms with van der Waals surface area (Å²) in [4.78, 5) is 2.28. The van der Waals surface area contributed by atoms with E-state index in [-0.39, 0.29) is 5.92 Å². The second-order valence-electron chi connectivity index (χ2n) is 5.32. The summed E-state index contributed by atoms with van der Waals surface area (Å²) >= 11 is 0. The maximum atomic E-state index is 13.3. The molecule has 2 unspecified atom stereocenters. The Hall–Kier alpha value is -0.150. The molecule has 0 radical (unpaired) electrons. The lowest BCUT2D eigenvalue weighted by Gasteiger charge is -2.22. The zero-order valence-electron chi connectivity index (χ0n) is 9.84. The molecular weight excluding hydrogens is 193 g/mol. The Bertz CT molecular complexity index is 208. The van der Waals surface area contributed by atoms with Gasteiger partial charge in [-0.2, -0.15) is 0 Å². The normalized spacial score (nSPS) is 34.6. The Morgan fingerprint density at radius 2 is 2.13 bits per heavy atom. The first-order valence-corrected chi connectivity index (χ1v) is 6.09. The molecule has 1 aliphatic heterocycles. The van der Waals surface area contributed by atoms with Crippen molar-refractivity contribution < 1.29 is 9.13 Å². The van der Waals surface area contributed by atoms with Crippen molar-refractivity contribution in [1.29, 1.82) is 0 Å². The van der Waals surface area contributed by atoms with Crippen LogP contribution in [-0.2, 0) is 4.74 Å². The molecule has 0 aromatic carbocycles. The van der Waals surface area contributed by atoms with Gasteiger partial charge in [0.1, 0.15) is 6.17 Å².